The van der Waals surface area contributed by atoms with Crippen molar-refractivity contribution in [1.82, 2.24) is 14.9 Å². The SMILES string of the molecule is Fc1ccccc1-c1ccc(CN2CCc3[nH]c(=S)ncc3C2)s1. The molecule has 0 spiro atoms. The van der Waals surface area contributed by atoms with Gasteiger partial charge < -0.3 is 4.98 Å². The molecule has 0 bridgehead atoms. The number of nitrogens with one attached hydrogen (secondary N) is 1. The number of H-pyrrole nitrogens is 1. The normalized spacial score (nSPS) is 14.5. The predicted octanol–water partition coefficient (Wildman–Crippen LogP) is 4.57. The number of halogens is 1. The molecule has 0 fully saturated rings. The van der Waals surface area contributed by atoms with Gasteiger partial charge in [0.2, 0.25) is 0 Å². The summed E-state index contributed by atoms with van der Waals surface area (Å²) in [4.78, 5) is 12.0. The van der Waals surface area contributed by atoms with Crippen LogP contribution in [0.3, 0.4) is 0 Å². The van der Waals surface area contributed by atoms with Crippen LogP contribution < -0.4 is 0 Å². The second kappa shape index (κ2) is 6.55. The van der Waals surface area contributed by atoms with E-state index in [-0.39, 0.29) is 5.82 Å². The van der Waals surface area contributed by atoms with Gasteiger partial charge in [0.15, 0.2) is 4.77 Å². The first-order valence-corrected chi connectivity index (χ1v) is 9.04. The van der Waals surface area contributed by atoms with E-state index < -0.39 is 0 Å². The van der Waals surface area contributed by atoms with E-state index in [4.69, 9.17) is 12.2 Å². The summed E-state index contributed by atoms with van der Waals surface area (Å²) < 4.78 is 14.5. The fourth-order valence-electron chi connectivity index (χ4n) is 3.03. The van der Waals surface area contributed by atoms with E-state index in [2.05, 4.69) is 20.9 Å². The molecule has 0 saturated carbocycles. The highest BCUT2D eigenvalue weighted by Crippen LogP contribution is 2.31. The lowest BCUT2D eigenvalue weighted by Gasteiger charge is -2.27. The highest BCUT2D eigenvalue weighted by atomic mass is 32.1. The minimum absolute atomic E-state index is 0.167. The number of hydrogen-bond acceptors (Lipinski definition) is 4. The lowest BCUT2D eigenvalue weighted by Crippen LogP contribution is -2.30. The van der Waals surface area contributed by atoms with E-state index in [1.54, 1.807) is 17.4 Å². The Labute approximate surface area is 148 Å². The summed E-state index contributed by atoms with van der Waals surface area (Å²) in [6, 6.07) is 11.0. The Morgan fingerprint density at radius 3 is 3.00 bits per heavy atom. The van der Waals surface area contributed by atoms with Gasteiger partial charge in [-0.15, -0.1) is 11.3 Å². The predicted molar refractivity (Wildman–Crippen MR) is 97.0 cm³/mol. The number of nitrogens with zero attached hydrogens (tertiary/aromatic N) is 2. The van der Waals surface area contributed by atoms with Crippen LogP contribution in [0.1, 0.15) is 16.1 Å². The molecule has 122 valence electrons. The van der Waals surface area contributed by atoms with Gasteiger partial charge in [-0.25, -0.2) is 9.37 Å². The van der Waals surface area contributed by atoms with Crippen LogP contribution in [0.15, 0.2) is 42.6 Å². The molecule has 24 heavy (non-hydrogen) atoms. The molecular weight excluding hydrogens is 341 g/mol. The average molecular weight is 357 g/mol. The third-order valence-corrected chi connectivity index (χ3v) is 5.55. The van der Waals surface area contributed by atoms with Crippen molar-refractivity contribution in [1.29, 1.82) is 0 Å². The van der Waals surface area contributed by atoms with Crippen LogP contribution in [0.2, 0.25) is 0 Å². The molecule has 2 aromatic heterocycles. The molecule has 0 unspecified atom stereocenters. The Morgan fingerprint density at radius 1 is 1.25 bits per heavy atom. The van der Waals surface area contributed by atoms with Crippen LogP contribution in [0.5, 0.6) is 0 Å². The molecule has 0 atom stereocenters. The van der Waals surface area contributed by atoms with Crippen LogP contribution in [0.25, 0.3) is 10.4 Å². The van der Waals surface area contributed by atoms with Gasteiger partial charge in [-0.05, 0) is 30.4 Å². The summed E-state index contributed by atoms with van der Waals surface area (Å²) in [5.41, 5.74) is 3.08. The molecule has 6 heteroatoms. The zero-order valence-electron chi connectivity index (χ0n) is 13.0. The minimum atomic E-state index is -0.167. The molecule has 3 nitrogen and oxygen atoms in total. The van der Waals surface area contributed by atoms with E-state index in [1.807, 2.05) is 24.4 Å². The maximum absolute atomic E-state index is 13.9. The molecule has 1 aromatic carbocycles. The van der Waals surface area contributed by atoms with Gasteiger partial charge in [0.25, 0.3) is 0 Å². The molecular formula is C18H16FN3S2. The summed E-state index contributed by atoms with van der Waals surface area (Å²) in [6.45, 7) is 2.71. The zero-order valence-corrected chi connectivity index (χ0v) is 14.6. The van der Waals surface area contributed by atoms with Gasteiger partial charge in [-0.3, -0.25) is 4.90 Å². The molecule has 4 rings (SSSR count). The van der Waals surface area contributed by atoms with Crippen molar-refractivity contribution in [3.63, 3.8) is 0 Å². The minimum Gasteiger partial charge on any atom is -0.334 e. The quantitative estimate of drug-likeness (QED) is 0.697. The van der Waals surface area contributed by atoms with Crippen molar-refractivity contribution < 1.29 is 4.39 Å². The highest BCUT2D eigenvalue weighted by Gasteiger charge is 2.18. The first kappa shape index (κ1) is 15.6. The second-order valence-electron chi connectivity index (χ2n) is 5.90. The third kappa shape index (κ3) is 3.17. The molecule has 0 amide bonds. The summed E-state index contributed by atoms with van der Waals surface area (Å²) in [5, 5.41) is 0. The molecule has 0 aliphatic carbocycles. The Kier molecular flexibility index (Phi) is 4.26. The van der Waals surface area contributed by atoms with E-state index >= 15 is 0 Å². The number of fused-ring (bicyclic) bond motifs is 1. The number of rotatable bonds is 3. The van der Waals surface area contributed by atoms with Crippen molar-refractivity contribution in [2.45, 2.75) is 19.5 Å². The molecule has 1 N–H and O–H groups in total. The van der Waals surface area contributed by atoms with E-state index in [0.717, 1.165) is 30.9 Å². The number of benzene rings is 1. The van der Waals surface area contributed by atoms with Gasteiger partial charge in [-0.2, -0.15) is 0 Å². The lowest BCUT2D eigenvalue weighted by atomic mass is 10.1. The largest absolute Gasteiger partial charge is 0.334 e. The highest BCUT2D eigenvalue weighted by molar-refractivity contribution is 7.71. The average Bonchev–Trinajstić information content (AvgIpc) is 3.04. The summed E-state index contributed by atoms with van der Waals surface area (Å²) in [7, 11) is 0. The monoisotopic (exact) mass is 357 g/mol. The molecule has 3 aromatic rings. The van der Waals surface area contributed by atoms with E-state index in [9.17, 15) is 4.39 Å². The fraction of sp³-hybridized carbons (Fsp3) is 0.222. The number of hydrogen-bond donors (Lipinski definition) is 1. The second-order valence-corrected chi connectivity index (χ2v) is 7.45. The molecule has 3 heterocycles. The van der Waals surface area contributed by atoms with Crippen molar-refractivity contribution >= 4 is 23.6 Å². The molecule has 1 aliphatic rings. The molecule has 0 saturated heterocycles. The smallest absolute Gasteiger partial charge is 0.196 e. The van der Waals surface area contributed by atoms with Gasteiger partial charge >= 0.3 is 0 Å². The maximum atomic E-state index is 13.9. The summed E-state index contributed by atoms with van der Waals surface area (Å²) in [5.74, 6) is -0.167. The molecule has 1 aliphatic heterocycles. The van der Waals surface area contributed by atoms with Gasteiger partial charge in [0.1, 0.15) is 5.82 Å². The Bertz CT molecular complexity index is 932. The topological polar surface area (TPSA) is 31.9 Å². The number of aromatic amines is 1. The van der Waals surface area contributed by atoms with Crippen LogP contribution in [0, 0.1) is 10.6 Å². The van der Waals surface area contributed by atoms with Crippen molar-refractivity contribution in [3.8, 4) is 10.4 Å². The first-order valence-electron chi connectivity index (χ1n) is 7.82. The summed E-state index contributed by atoms with van der Waals surface area (Å²) >= 11 is 6.74. The lowest BCUT2D eigenvalue weighted by molar-refractivity contribution is 0.245. The Morgan fingerprint density at radius 2 is 2.12 bits per heavy atom. The van der Waals surface area contributed by atoms with Crippen LogP contribution in [0.4, 0.5) is 4.39 Å². The van der Waals surface area contributed by atoms with Crippen LogP contribution in [-0.4, -0.2) is 21.4 Å². The van der Waals surface area contributed by atoms with Crippen LogP contribution >= 0.6 is 23.6 Å². The zero-order chi connectivity index (χ0) is 16.5. The van der Waals surface area contributed by atoms with E-state index in [1.165, 1.54) is 22.2 Å². The maximum Gasteiger partial charge on any atom is 0.196 e. The third-order valence-electron chi connectivity index (χ3n) is 4.24. The number of thiophene rings is 1. The van der Waals surface area contributed by atoms with Crippen molar-refractivity contribution in [3.05, 3.63) is 69.3 Å². The van der Waals surface area contributed by atoms with Crippen molar-refractivity contribution in [2.24, 2.45) is 0 Å². The number of aromatic nitrogens is 2. The fourth-order valence-corrected chi connectivity index (χ4v) is 4.28. The summed E-state index contributed by atoms with van der Waals surface area (Å²) in [6.07, 6.45) is 2.83. The van der Waals surface area contributed by atoms with Crippen molar-refractivity contribution in [2.75, 3.05) is 6.54 Å². The van der Waals surface area contributed by atoms with Gasteiger partial charge in [0, 0.05) is 58.8 Å². The van der Waals surface area contributed by atoms with Gasteiger partial charge in [0.05, 0.1) is 0 Å². The Balaban J connectivity index is 1.50. The Hall–Kier alpha value is -1.89. The van der Waals surface area contributed by atoms with Crippen LogP contribution in [-0.2, 0) is 19.5 Å². The molecule has 0 radical (unpaired) electrons. The first-order chi connectivity index (χ1) is 11.7. The standard InChI is InChI=1S/C18H16FN3S2/c19-15-4-2-1-3-14(15)17-6-5-13(24-17)11-22-8-7-16-12(10-22)9-20-18(23)21-16/h1-6,9H,7-8,10-11H2,(H,20,21,23). The van der Waals surface area contributed by atoms with E-state index in [0.29, 0.717) is 10.3 Å². The van der Waals surface area contributed by atoms with Gasteiger partial charge in [-0.1, -0.05) is 18.2 Å².